The number of benzene rings is 1. The zero-order valence-electron chi connectivity index (χ0n) is 12.1. The van der Waals surface area contributed by atoms with Crippen LogP contribution in [-0.4, -0.2) is 30.4 Å². The van der Waals surface area contributed by atoms with Crippen molar-refractivity contribution in [1.82, 2.24) is 10.6 Å². The minimum atomic E-state index is -0.648. The average Bonchev–Trinajstić information content (AvgIpc) is 2.91. The van der Waals surface area contributed by atoms with E-state index in [9.17, 15) is 14.4 Å². The van der Waals surface area contributed by atoms with E-state index in [1.807, 2.05) is 13.0 Å². The van der Waals surface area contributed by atoms with Gasteiger partial charge < -0.3 is 15.4 Å². The van der Waals surface area contributed by atoms with Gasteiger partial charge in [-0.3, -0.25) is 9.59 Å². The molecule has 2 N–H and O–H groups in total. The van der Waals surface area contributed by atoms with E-state index in [0.29, 0.717) is 17.9 Å². The number of ether oxygens (including phenoxy) is 1. The van der Waals surface area contributed by atoms with E-state index in [1.54, 1.807) is 18.2 Å². The van der Waals surface area contributed by atoms with Crippen LogP contribution in [-0.2, 0) is 19.1 Å². The number of halogens is 1. The molecule has 0 saturated carbocycles. The fourth-order valence-corrected chi connectivity index (χ4v) is 2.37. The maximum atomic E-state index is 11.8. The summed E-state index contributed by atoms with van der Waals surface area (Å²) in [4.78, 5) is 34.5. The first-order valence-electron chi connectivity index (χ1n) is 6.96. The molecule has 1 aromatic carbocycles. The van der Waals surface area contributed by atoms with Crippen molar-refractivity contribution in [1.29, 1.82) is 0 Å². The summed E-state index contributed by atoms with van der Waals surface area (Å²) in [5.41, 5.74) is 0.857. The number of rotatable bonds is 5. The first kappa shape index (κ1) is 16.3. The van der Waals surface area contributed by atoms with Crippen LogP contribution in [0.5, 0.6) is 0 Å². The normalized spacial score (nSPS) is 18.5. The molecule has 0 aliphatic carbocycles. The first-order valence-corrected chi connectivity index (χ1v) is 7.34. The summed E-state index contributed by atoms with van der Waals surface area (Å²) in [6.45, 7) is 1.43. The Morgan fingerprint density at radius 3 is 2.91 bits per heavy atom. The van der Waals surface area contributed by atoms with E-state index in [1.165, 1.54) is 0 Å². The Balaban J connectivity index is 1.78. The molecule has 1 fully saturated rings. The van der Waals surface area contributed by atoms with Crippen molar-refractivity contribution in [2.24, 2.45) is 0 Å². The van der Waals surface area contributed by atoms with E-state index in [4.69, 9.17) is 16.3 Å². The van der Waals surface area contributed by atoms with Gasteiger partial charge in [0.25, 0.3) is 5.91 Å². The highest BCUT2D eigenvalue weighted by atomic mass is 35.5. The number of amides is 2. The smallest absolute Gasteiger partial charge is 0.329 e. The predicted octanol–water partition coefficient (Wildman–Crippen LogP) is 1.34. The van der Waals surface area contributed by atoms with Crippen LogP contribution in [0.15, 0.2) is 24.3 Å². The van der Waals surface area contributed by atoms with Crippen LogP contribution in [0.1, 0.15) is 31.4 Å². The number of esters is 1. The van der Waals surface area contributed by atoms with Crippen LogP contribution < -0.4 is 10.6 Å². The molecule has 1 aliphatic heterocycles. The molecule has 7 heteroatoms. The van der Waals surface area contributed by atoms with Gasteiger partial charge in [0, 0.05) is 11.4 Å². The molecule has 0 radical (unpaired) electrons. The maximum Gasteiger partial charge on any atom is 0.329 e. The highest BCUT2D eigenvalue weighted by Crippen LogP contribution is 2.17. The molecule has 1 aromatic rings. The summed E-state index contributed by atoms with van der Waals surface area (Å²) in [5.74, 6) is -1.18. The zero-order chi connectivity index (χ0) is 16.1. The van der Waals surface area contributed by atoms with Crippen LogP contribution >= 0.6 is 11.6 Å². The quantitative estimate of drug-likeness (QED) is 0.800. The van der Waals surface area contributed by atoms with Gasteiger partial charge in [0.15, 0.2) is 6.61 Å². The SMILES string of the molecule is C[C@H](NC(=O)COC(=O)[C@H]1CCC(=O)N1)c1cccc(Cl)c1. The van der Waals surface area contributed by atoms with E-state index >= 15 is 0 Å². The second-order valence-electron chi connectivity index (χ2n) is 5.11. The summed E-state index contributed by atoms with van der Waals surface area (Å²) in [5, 5.41) is 5.79. The molecule has 0 bridgehead atoms. The fourth-order valence-electron chi connectivity index (χ4n) is 2.17. The largest absolute Gasteiger partial charge is 0.454 e. The van der Waals surface area contributed by atoms with Gasteiger partial charge in [0.1, 0.15) is 6.04 Å². The maximum absolute atomic E-state index is 11.8. The number of hydrogen-bond acceptors (Lipinski definition) is 4. The lowest BCUT2D eigenvalue weighted by Crippen LogP contribution is -2.37. The third kappa shape index (κ3) is 4.46. The Kier molecular flexibility index (Phi) is 5.38. The molecular weight excluding hydrogens is 308 g/mol. The zero-order valence-corrected chi connectivity index (χ0v) is 12.9. The Morgan fingerprint density at radius 2 is 2.27 bits per heavy atom. The van der Waals surface area contributed by atoms with Crippen molar-refractivity contribution in [3.05, 3.63) is 34.9 Å². The molecule has 0 spiro atoms. The van der Waals surface area contributed by atoms with E-state index in [2.05, 4.69) is 10.6 Å². The minimum absolute atomic E-state index is 0.180. The molecule has 1 aliphatic rings. The van der Waals surface area contributed by atoms with Crippen LogP contribution in [0.2, 0.25) is 5.02 Å². The first-order chi connectivity index (χ1) is 10.5. The number of carbonyl (C=O) groups is 3. The summed E-state index contributed by atoms with van der Waals surface area (Å²) in [7, 11) is 0. The van der Waals surface area contributed by atoms with Crippen molar-refractivity contribution in [2.45, 2.75) is 31.8 Å². The van der Waals surface area contributed by atoms with Gasteiger partial charge in [0.2, 0.25) is 5.91 Å². The van der Waals surface area contributed by atoms with E-state index in [0.717, 1.165) is 5.56 Å². The summed E-state index contributed by atoms with van der Waals surface area (Å²) >= 11 is 5.90. The summed E-state index contributed by atoms with van der Waals surface area (Å²) < 4.78 is 4.90. The van der Waals surface area contributed by atoms with Crippen LogP contribution in [0.3, 0.4) is 0 Å². The summed E-state index contributed by atoms with van der Waals surface area (Å²) in [6, 6.07) is 6.24. The van der Waals surface area contributed by atoms with Crippen molar-refractivity contribution < 1.29 is 19.1 Å². The molecule has 6 nitrogen and oxygen atoms in total. The third-order valence-electron chi connectivity index (χ3n) is 3.35. The van der Waals surface area contributed by atoms with Crippen molar-refractivity contribution >= 4 is 29.4 Å². The molecule has 118 valence electrons. The monoisotopic (exact) mass is 324 g/mol. The molecule has 22 heavy (non-hydrogen) atoms. The highest BCUT2D eigenvalue weighted by molar-refractivity contribution is 6.30. The lowest BCUT2D eigenvalue weighted by Gasteiger charge is -2.15. The number of carbonyl (C=O) groups excluding carboxylic acids is 3. The average molecular weight is 325 g/mol. The van der Waals surface area contributed by atoms with E-state index in [-0.39, 0.29) is 18.6 Å². The van der Waals surface area contributed by atoms with Crippen LogP contribution in [0.25, 0.3) is 0 Å². The van der Waals surface area contributed by atoms with Gasteiger partial charge in [-0.1, -0.05) is 23.7 Å². The lowest BCUT2D eigenvalue weighted by molar-refractivity contribution is -0.150. The van der Waals surface area contributed by atoms with Crippen molar-refractivity contribution in [2.75, 3.05) is 6.61 Å². The van der Waals surface area contributed by atoms with Crippen molar-refractivity contribution in [3.8, 4) is 0 Å². The Bertz CT molecular complexity index is 591. The third-order valence-corrected chi connectivity index (χ3v) is 3.59. The minimum Gasteiger partial charge on any atom is -0.454 e. The molecule has 0 unspecified atom stereocenters. The Morgan fingerprint density at radius 1 is 1.50 bits per heavy atom. The van der Waals surface area contributed by atoms with E-state index < -0.39 is 17.9 Å². The number of nitrogens with one attached hydrogen (secondary N) is 2. The standard InChI is InChI=1S/C15H17ClN2O4/c1-9(10-3-2-4-11(16)7-10)17-14(20)8-22-15(21)12-5-6-13(19)18-12/h2-4,7,9,12H,5-6,8H2,1H3,(H,17,20)(H,18,19)/t9-,12+/m0/s1. The summed E-state index contributed by atoms with van der Waals surface area (Å²) in [6.07, 6.45) is 0.704. The topological polar surface area (TPSA) is 84.5 Å². The Labute approximate surface area is 133 Å². The molecule has 1 saturated heterocycles. The van der Waals surface area contributed by atoms with Gasteiger partial charge in [-0.15, -0.1) is 0 Å². The van der Waals surface area contributed by atoms with Gasteiger partial charge in [-0.05, 0) is 31.0 Å². The molecule has 0 aromatic heterocycles. The molecule has 2 rings (SSSR count). The predicted molar refractivity (Wildman–Crippen MR) is 80.1 cm³/mol. The number of hydrogen-bond donors (Lipinski definition) is 2. The highest BCUT2D eigenvalue weighted by Gasteiger charge is 2.28. The lowest BCUT2D eigenvalue weighted by atomic mass is 10.1. The second-order valence-corrected chi connectivity index (χ2v) is 5.55. The Hall–Kier alpha value is -2.08. The van der Waals surface area contributed by atoms with Gasteiger partial charge in [0.05, 0.1) is 6.04 Å². The molecular formula is C15H17ClN2O4. The van der Waals surface area contributed by atoms with Crippen molar-refractivity contribution in [3.63, 3.8) is 0 Å². The van der Waals surface area contributed by atoms with Crippen LogP contribution in [0, 0.1) is 0 Å². The van der Waals surface area contributed by atoms with Gasteiger partial charge in [-0.25, -0.2) is 4.79 Å². The van der Waals surface area contributed by atoms with Gasteiger partial charge in [-0.2, -0.15) is 0 Å². The molecule has 2 atom stereocenters. The molecule has 1 heterocycles. The van der Waals surface area contributed by atoms with Gasteiger partial charge >= 0.3 is 5.97 Å². The fraction of sp³-hybridized carbons (Fsp3) is 0.400. The van der Waals surface area contributed by atoms with Crippen LogP contribution in [0.4, 0.5) is 0 Å². The molecule has 2 amide bonds. The second kappa shape index (κ2) is 7.26.